The monoisotopic (exact) mass is 266 g/mol. The SMILES string of the molecule is CCCN1CCN(c2ccc(Cl)cc2)C(=O)C1=O. The number of hydrogen-bond donors (Lipinski definition) is 0. The van der Waals surface area contributed by atoms with Crippen molar-refractivity contribution in [2.75, 3.05) is 24.5 Å². The van der Waals surface area contributed by atoms with Gasteiger partial charge in [-0.3, -0.25) is 9.59 Å². The minimum absolute atomic E-state index is 0.418. The number of carbonyl (C=O) groups excluding carboxylic acids is 2. The molecule has 5 heteroatoms. The minimum atomic E-state index is -0.461. The van der Waals surface area contributed by atoms with Crippen LogP contribution < -0.4 is 4.90 Å². The first kappa shape index (κ1) is 12.9. The van der Waals surface area contributed by atoms with E-state index in [0.29, 0.717) is 30.3 Å². The van der Waals surface area contributed by atoms with Crippen molar-refractivity contribution in [1.29, 1.82) is 0 Å². The number of carbonyl (C=O) groups is 2. The van der Waals surface area contributed by atoms with Crippen LogP contribution in [0.5, 0.6) is 0 Å². The maximum Gasteiger partial charge on any atom is 0.316 e. The van der Waals surface area contributed by atoms with Gasteiger partial charge in [0, 0.05) is 30.3 Å². The molecule has 0 radical (unpaired) electrons. The van der Waals surface area contributed by atoms with Gasteiger partial charge in [-0.05, 0) is 30.7 Å². The van der Waals surface area contributed by atoms with E-state index in [1.165, 1.54) is 4.90 Å². The molecule has 1 aromatic carbocycles. The number of nitrogens with zero attached hydrogens (tertiary/aromatic N) is 2. The highest BCUT2D eigenvalue weighted by atomic mass is 35.5. The second kappa shape index (κ2) is 5.40. The van der Waals surface area contributed by atoms with E-state index >= 15 is 0 Å². The number of piperazine rings is 1. The third-order valence-corrected chi connectivity index (χ3v) is 3.19. The fourth-order valence-electron chi connectivity index (χ4n) is 2.03. The van der Waals surface area contributed by atoms with Crippen molar-refractivity contribution in [1.82, 2.24) is 4.90 Å². The zero-order valence-corrected chi connectivity index (χ0v) is 11.0. The average molecular weight is 267 g/mol. The lowest BCUT2D eigenvalue weighted by Crippen LogP contribution is -2.54. The summed E-state index contributed by atoms with van der Waals surface area (Å²) in [6.45, 7) is 3.75. The van der Waals surface area contributed by atoms with E-state index in [4.69, 9.17) is 11.6 Å². The Morgan fingerprint density at radius 1 is 1.11 bits per heavy atom. The first-order valence-electron chi connectivity index (χ1n) is 6.00. The Labute approximate surface area is 111 Å². The van der Waals surface area contributed by atoms with E-state index in [2.05, 4.69) is 0 Å². The fraction of sp³-hybridized carbons (Fsp3) is 0.385. The van der Waals surface area contributed by atoms with Gasteiger partial charge in [-0.1, -0.05) is 18.5 Å². The summed E-state index contributed by atoms with van der Waals surface area (Å²) in [7, 11) is 0. The minimum Gasteiger partial charge on any atom is -0.333 e. The molecule has 96 valence electrons. The first-order chi connectivity index (χ1) is 8.63. The largest absolute Gasteiger partial charge is 0.333 e. The highest BCUT2D eigenvalue weighted by molar-refractivity contribution is 6.41. The van der Waals surface area contributed by atoms with Crippen LogP contribution in [0.4, 0.5) is 5.69 Å². The Morgan fingerprint density at radius 2 is 1.78 bits per heavy atom. The quantitative estimate of drug-likeness (QED) is 0.785. The molecule has 0 aromatic heterocycles. The molecular formula is C13H15ClN2O2. The van der Waals surface area contributed by atoms with E-state index in [0.717, 1.165) is 6.42 Å². The first-order valence-corrected chi connectivity index (χ1v) is 6.37. The van der Waals surface area contributed by atoms with Crippen molar-refractivity contribution >= 4 is 29.1 Å². The van der Waals surface area contributed by atoms with Crippen molar-refractivity contribution in [3.63, 3.8) is 0 Å². The van der Waals surface area contributed by atoms with Gasteiger partial charge in [0.05, 0.1) is 0 Å². The molecule has 1 aliphatic rings. The van der Waals surface area contributed by atoms with Crippen molar-refractivity contribution in [2.24, 2.45) is 0 Å². The third-order valence-electron chi connectivity index (χ3n) is 2.94. The van der Waals surface area contributed by atoms with Crippen LogP contribution in [0.15, 0.2) is 24.3 Å². The molecule has 0 bridgehead atoms. The molecule has 0 atom stereocenters. The van der Waals surface area contributed by atoms with Gasteiger partial charge in [0.2, 0.25) is 0 Å². The summed E-state index contributed by atoms with van der Waals surface area (Å²) < 4.78 is 0. The van der Waals surface area contributed by atoms with Gasteiger partial charge in [0.25, 0.3) is 0 Å². The van der Waals surface area contributed by atoms with Crippen molar-refractivity contribution in [3.8, 4) is 0 Å². The van der Waals surface area contributed by atoms with E-state index in [1.54, 1.807) is 29.2 Å². The number of amides is 2. The van der Waals surface area contributed by atoms with Crippen molar-refractivity contribution in [3.05, 3.63) is 29.3 Å². The van der Waals surface area contributed by atoms with Crippen LogP contribution in [0, 0.1) is 0 Å². The maximum atomic E-state index is 12.0. The normalized spacial score (nSPS) is 16.3. The molecule has 0 unspecified atom stereocenters. The third kappa shape index (κ3) is 2.48. The summed E-state index contributed by atoms with van der Waals surface area (Å²) in [5.74, 6) is -0.880. The van der Waals surface area contributed by atoms with Crippen LogP contribution in [-0.2, 0) is 9.59 Å². The summed E-state index contributed by atoms with van der Waals surface area (Å²) in [4.78, 5) is 27.0. The predicted molar refractivity (Wildman–Crippen MR) is 70.7 cm³/mol. The number of halogens is 1. The lowest BCUT2D eigenvalue weighted by atomic mass is 10.2. The van der Waals surface area contributed by atoms with Gasteiger partial charge in [-0.2, -0.15) is 0 Å². The molecule has 0 saturated carbocycles. The average Bonchev–Trinajstić information content (AvgIpc) is 2.37. The Morgan fingerprint density at radius 3 is 2.39 bits per heavy atom. The van der Waals surface area contributed by atoms with Crippen LogP contribution in [0.3, 0.4) is 0 Å². The molecule has 1 fully saturated rings. The van der Waals surface area contributed by atoms with Gasteiger partial charge < -0.3 is 9.80 Å². The molecule has 18 heavy (non-hydrogen) atoms. The molecule has 0 N–H and O–H groups in total. The lowest BCUT2D eigenvalue weighted by molar-refractivity contribution is -0.146. The van der Waals surface area contributed by atoms with Crippen LogP contribution >= 0.6 is 11.6 Å². The van der Waals surface area contributed by atoms with E-state index in [1.807, 2.05) is 6.92 Å². The summed E-state index contributed by atoms with van der Waals surface area (Å²) in [6, 6.07) is 6.94. The number of anilines is 1. The second-order valence-electron chi connectivity index (χ2n) is 4.23. The van der Waals surface area contributed by atoms with Crippen molar-refractivity contribution in [2.45, 2.75) is 13.3 Å². The van der Waals surface area contributed by atoms with Crippen molar-refractivity contribution < 1.29 is 9.59 Å². The number of benzene rings is 1. The fourth-order valence-corrected chi connectivity index (χ4v) is 2.15. The van der Waals surface area contributed by atoms with Gasteiger partial charge >= 0.3 is 11.8 Å². The molecule has 2 rings (SSSR count). The molecule has 0 aliphatic carbocycles. The summed E-state index contributed by atoms with van der Waals surface area (Å²) in [5, 5.41) is 0.613. The zero-order chi connectivity index (χ0) is 13.1. The van der Waals surface area contributed by atoms with Gasteiger partial charge in [-0.15, -0.1) is 0 Å². The Bertz CT molecular complexity index is 459. The summed E-state index contributed by atoms with van der Waals surface area (Å²) in [5.41, 5.74) is 0.717. The van der Waals surface area contributed by atoms with Crippen LogP contribution in [0.2, 0.25) is 5.02 Å². The summed E-state index contributed by atoms with van der Waals surface area (Å²) in [6.07, 6.45) is 0.861. The summed E-state index contributed by atoms with van der Waals surface area (Å²) >= 11 is 5.80. The molecule has 1 aromatic rings. The number of rotatable bonds is 3. The van der Waals surface area contributed by atoms with Gasteiger partial charge in [0.15, 0.2) is 0 Å². The van der Waals surface area contributed by atoms with Crippen LogP contribution in [0.1, 0.15) is 13.3 Å². The molecule has 1 saturated heterocycles. The molecule has 0 spiro atoms. The van der Waals surface area contributed by atoms with Gasteiger partial charge in [0.1, 0.15) is 0 Å². The Balaban J connectivity index is 2.15. The van der Waals surface area contributed by atoms with E-state index in [-0.39, 0.29) is 0 Å². The zero-order valence-electron chi connectivity index (χ0n) is 10.2. The van der Waals surface area contributed by atoms with Gasteiger partial charge in [-0.25, -0.2) is 0 Å². The second-order valence-corrected chi connectivity index (χ2v) is 4.66. The lowest BCUT2D eigenvalue weighted by Gasteiger charge is -2.33. The molecule has 4 nitrogen and oxygen atoms in total. The number of hydrogen-bond acceptors (Lipinski definition) is 2. The van der Waals surface area contributed by atoms with Crippen LogP contribution in [0.25, 0.3) is 0 Å². The Hall–Kier alpha value is -1.55. The standard InChI is InChI=1S/C13H15ClN2O2/c1-2-7-15-8-9-16(13(18)12(15)17)11-5-3-10(14)4-6-11/h3-6H,2,7-9H2,1H3. The van der Waals surface area contributed by atoms with Crippen LogP contribution in [-0.4, -0.2) is 36.3 Å². The highest BCUT2D eigenvalue weighted by Gasteiger charge is 2.32. The Kier molecular flexibility index (Phi) is 3.87. The molecule has 2 amide bonds. The van der Waals surface area contributed by atoms with E-state index in [9.17, 15) is 9.59 Å². The maximum absolute atomic E-state index is 12.0. The smallest absolute Gasteiger partial charge is 0.316 e. The topological polar surface area (TPSA) is 40.6 Å². The highest BCUT2D eigenvalue weighted by Crippen LogP contribution is 2.20. The molecule has 1 aliphatic heterocycles. The molecule has 1 heterocycles. The van der Waals surface area contributed by atoms with E-state index < -0.39 is 11.8 Å². The predicted octanol–water partition coefficient (Wildman–Crippen LogP) is 1.93. The molecular weight excluding hydrogens is 252 g/mol.